The van der Waals surface area contributed by atoms with Crippen molar-refractivity contribution in [2.75, 3.05) is 19.7 Å². The Hall–Kier alpha value is -1.91. The van der Waals surface area contributed by atoms with Crippen molar-refractivity contribution in [3.05, 3.63) is 64.1 Å². The van der Waals surface area contributed by atoms with E-state index in [1.165, 1.54) is 0 Å². The number of hydrogen-bond acceptors (Lipinski definition) is 2. The first kappa shape index (κ1) is 17.4. The molecule has 4 nitrogen and oxygen atoms in total. The lowest BCUT2D eigenvalue weighted by Crippen LogP contribution is -2.38. The van der Waals surface area contributed by atoms with E-state index in [2.05, 4.69) is 10.6 Å². The Labute approximate surface area is 145 Å². The lowest BCUT2D eigenvalue weighted by molar-refractivity contribution is 0.236. The molecule has 0 aliphatic rings. The van der Waals surface area contributed by atoms with E-state index in [9.17, 15) is 4.79 Å². The molecule has 6 heteroatoms. The summed E-state index contributed by atoms with van der Waals surface area (Å²) < 4.78 is 5.48. The number of carbonyl (C=O) groups excluding carboxylic acids is 1. The number of ether oxygens (including phenoxy) is 1. The Morgan fingerprint density at radius 2 is 1.43 bits per heavy atom. The van der Waals surface area contributed by atoms with Crippen LogP contribution in [-0.2, 0) is 6.42 Å². The van der Waals surface area contributed by atoms with Gasteiger partial charge in [-0.1, -0.05) is 35.3 Å². The van der Waals surface area contributed by atoms with Gasteiger partial charge in [-0.25, -0.2) is 4.79 Å². The molecule has 0 atom stereocenters. The van der Waals surface area contributed by atoms with E-state index in [4.69, 9.17) is 27.9 Å². The maximum Gasteiger partial charge on any atom is 0.314 e. The largest absolute Gasteiger partial charge is 0.492 e. The third-order valence-corrected chi connectivity index (χ3v) is 3.59. The first-order chi connectivity index (χ1) is 11.1. The summed E-state index contributed by atoms with van der Waals surface area (Å²) in [7, 11) is 0. The van der Waals surface area contributed by atoms with Gasteiger partial charge < -0.3 is 15.4 Å². The fourth-order valence-electron chi connectivity index (χ4n) is 1.90. The monoisotopic (exact) mass is 352 g/mol. The quantitative estimate of drug-likeness (QED) is 0.742. The summed E-state index contributed by atoms with van der Waals surface area (Å²) in [4.78, 5) is 11.6. The minimum absolute atomic E-state index is 0.210. The molecular formula is C17H18Cl2N2O2. The molecule has 2 aromatic carbocycles. The maximum atomic E-state index is 11.6. The fraction of sp³-hybridized carbons (Fsp3) is 0.235. The van der Waals surface area contributed by atoms with Crippen LogP contribution in [0.1, 0.15) is 5.56 Å². The molecule has 0 radical (unpaired) electrons. The van der Waals surface area contributed by atoms with Gasteiger partial charge in [0.05, 0.1) is 6.54 Å². The smallest absolute Gasteiger partial charge is 0.314 e. The van der Waals surface area contributed by atoms with Gasteiger partial charge in [0.15, 0.2) is 0 Å². The second kappa shape index (κ2) is 9.28. The maximum absolute atomic E-state index is 11.6. The highest BCUT2D eigenvalue weighted by atomic mass is 35.5. The van der Waals surface area contributed by atoms with Gasteiger partial charge in [-0.3, -0.25) is 0 Å². The lowest BCUT2D eigenvalue weighted by atomic mass is 10.1. The van der Waals surface area contributed by atoms with Crippen molar-refractivity contribution >= 4 is 29.2 Å². The Kier molecular flexibility index (Phi) is 7.04. The molecule has 0 saturated carbocycles. The van der Waals surface area contributed by atoms with Crippen molar-refractivity contribution in [3.63, 3.8) is 0 Å². The second-order valence-electron chi connectivity index (χ2n) is 4.86. The number of halogens is 2. The minimum atomic E-state index is -0.210. The first-order valence-corrected chi connectivity index (χ1v) is 8.03. The highest BCUT2D eigenvalue weighted by molar-refractivity contribution is 6.30. The Morgan fingerprint density at radius 3 is 2.09 bits per heavy atom. The van der Waals surface area contributed by atoms with E-state index >= 15 is 0 Å². The lowest BCUT2D eigenvalue weighted by Gasteiger charge is -2.09. The van der Waals surface area contributed by atoms with Crippen LogP contribution in [0.4, 0.5) is 4.79 Å². The first-order valence-electron chi connectivity index (χ1n) is 7.28. The third kappa shape index (κ3) is 6.80. The molecule has 122 valence electrons. The van der Waals surface area contributed by atoms with Gasteiger partial charge in [0.25, 0.3) is 0 Å². The van der Waals surface area contributed by atoms with Crippen LogP contribution in [0.25, 0.3) is 0 Å². The summed E-state index contributed by atoms with van der Waals surface area (Å²) in [6.45, 7) is 1.38. The van der Waals surface area contributed by atoms with E-state index in [0.29, 0.717) is 29.7 Å². The zero-order valence-corrected chi connectivity index (χ0v) is 14.0. The fourth-order valence-corrected chi connectivity index (χ4v) is 2.15. The normalized spacial score (nSPS) is 10.2. The molecule has 2 aromatic rings. The highest BCUT2D eigenvalue weighted by Crippen LogP contribution is 2.15. The van der Waals surface area contributed by atoms with Gasteiger partial charge in [0, 0.05) is 16.6 Å². The Balaban J connectivity index is 1.56. The average molecular weight is 353 g/mol. The standard InChI is InChI=1S/C17H18Cl2N2O2/c18-14-3-1-13(2-4-14)9-10-20-17(22)21-11-12-23-16-7-5-15(19)6-8-16/h1-8H,9-12H2,(H2,20,21,22). The van der Waals surface area contributed by atoms with Crippen LogP contribution in [0, 0.1) is 0 Å². The van der Waals surface area contributed by atoms with Gasteiger partial charge in [-0.05, 0) is 48.4 Å². The molecule has 0 unspecified atom stereocenters. The highest BCUT2D eigenvalue weighted by Gasteiger charge is 2.00. The number of carbonyl (C=O) groups is 1. The van der Waals surface area contributed by atoms with Crippen LogP contribution in [0.5, 0.6) is 5.75 Å². The molecule has 0 saturated heterocycles. The van der Waals surface area contributed by atoms with E-state index in [1.807, 2.05) is 24.3 Å². The molecular weight excluding hydrogens is 335 g/mol. The van der Waals surface area contributed by atoms with Crippen molar-refractivity contribution in [1.82, 2.24) is 10.6 Å². The summed E-state index contributed by atoms with van der Waals surface area (Å²) in [6, 6.07) is 14.4. The van der Waals surface area contributed by atoms with Crippen LogP contribution < -0.4 is 15.4 Å². The number of amides is 2. The zero-order chi connectivity index (χ0) is 16.5. The summed E-state index contributed by atoms with van der Waals surface area (Å²) in [5, 5.41) is 6.90. The van der Waals surface area contributed by atoms with Gasteiger partial charge in [0.1, 0.15) is 12.4 Å². The van der Waals surface area contributed by atoms with E-state index < -0.39 is 0 Å². The number of nitrogens with one attached hydrogen (secondary N) is 2. The summed E-state index contributed by atoms with van der Waals surface area (Å²) >= 11 is 11.6. The van der Waals surface area contributed by atoms with Crippen molar-refractivity contribution in [3.8, 4) is 5.75 Å². The van der Waals surface area contributed by atoms with Gasteiger partial charge in [-0.15, -0.1) is 0 Å². The summed E-state index contributed by atoms with van der Waals surface area (Å²) in [5.41, 5.74) is 1.13. The molecule has 0 heterocycles. The molecule has 0 aliphatic carbocycles. The van der Waals surface area contributed by atoms with Crippen LogP contribution in [-0.4, -0.2) is 25.7 Å². The van der Waals surface area contributed by atoms with Crippen LogP contribution in [0.2, 0.25) is 10.0 Å². The van der Waals surface area contributed by atoms with Crippen LogP contribution in [0.3, 0.4) is 0 Å². The zero-order valence-electron chi connectivity index (χ0n) is 12.5. The van der Waals surface area contributed by atoms with E-state index in [0.717, 1.165) is 17.7 Å². The van der Waals surface area contributed by atoms with E-state index in [-0.39, 0.29) is 6.03 Å². The predicted molar refractivity (Wildman–Crippen MR) is 93.5 cm³/mol. The summed E-state index contributed by atoms with van der Waals surface area (Å²) in [5.74, 6) is 0.722. The average Bonchev–Trinajstić information content (AvgIpc) is 2.55. The Morgan fingerprint density at radius 1 is 0.870 bits per heavy atom. The van der Waals surface area contributed by atoms with Crippen molar-refractivity contribution < 1.29 is 9.53 Å². The molecule has 0 aromatic heterocycles. The molecule has 0 fully saturated rings. The van der Waals surface area contributed by atoms with Crippen molar-refractivity contribution in [1.29, 1.82) is 0 Å². The molecule has 2 amide bonds. The van der Waals surface area contributed by atoms with Gasteiger partial charge in [0.2, 0.25) is 0 Å². The molecule has 0 aliphatic heterocycles. The minimum Gasteiger partial charge on any atom is -0.492 e. The van der Waals surface area contributed by atoms with E-state index in [1.54, 1.807) is 24.3 Å². The molecule has 2 rings (SSSR count). The molecule has 23 heavy (non-hydrogen) atoms. The number of urea groups is 1. The second-order valence-corrected chi connectivity index (χ2v) is 5.73. The summed E-state index contributed by atoms with van der Waals surface area (Å²) in [6.07, 6.45) is 0.756. The number of hydrogen-bond donors (Lipinski definition) is 2. The Bertz CT molecular complexity index is 615. The number of rotatable bonds is 7. The van der Waals surface area contributed by atoms with Gasteiger partial charge in [-0.2, -0.15) is 0 Å². The van der Waals surface area contributed by atoms with Gasteiger partial charge >= 0.3 is 6.03 Å². The van der Waals surface area contributed by atoms with Crippen molar-refractivity contribution in [2.45, 2.75) is 6.42 Å². The van der Waals surface area contributed by atoms with Crippen molar-refractivity contribution in [2.24, 2.45) is 0 Å². The predicted octanol–water partition coefficient (Wildman–Crippen LogP) is 3.91. The topological polar surface area (TPSA) is 50.4 Å². The number of benzene rings is 2. The SMILES string of the molecule is O=C(NCCOc1ccc(Cl)cc1)NCCc1ccc(Cl)cc1. The van der Waals surface area contributed by atoms with Crippen LogP contribution in [0.15, 0.2) is 48.5 Å². The molecule has 2 N–H and O–H groups in total. The molecule has 0 spiro atoms. The third-order valence-electron chi connectivity index (χ3n) is 3.08. The van der Waals surface area contributed by atoms with Crippen LogP contribution >= 0.6 is 23.2 Å². The molecule has 0 bridgehead atoms.